The first-order chi connectivity index (χ1) is 11.0. The lowest BCUT2D eigenvalue weighted by Gasteiger charge is -2.06. The van der Waals surface area contributed by atoms with Crippen LogP contribution in [0.15, 0.2) is 30.3 Å². The Morgan fingerprint density at radius 3 is 2.48 bits per heavy atom. The molecule has 0 bridgehead atoms. The Morgan fingerprint density at radius 2 is 1.91 bits per heavy atom. The number of anilines is 1. The summed E-state index contributed by atoms with van der Waals surface area (Å²) in [7, 11) is 0. The molecule has 122 valence electrons. The van der Waals surface area contributed by atoms with Gasteiger partial charge in [-0.2, -0.15) is 0 Å². The van der Waals surface area contributed by atoms with E-state index in [2.05, 4.69) is 5.32 Å². The van der Waals surface area contributed by atoms with Gasteiger partial charge < -0.3 is 15.8 Å². The highest BCUT2D eigenvalue weighted by molar-refractivity contribution is 7.16. The molecule has 2 rings (SSSR count). The number of ether oxygens (including phenoxy) is 1. The minimum Gasteiger partial charge on any atom is -0.494 e. The summed E-state index contributed by atoms with van der Waals surface area (Å²) in [5.41, 5.74) is 6.60. The van der Waals surface area contributed by atoms with Crippen molar-refractivity contribution in [2.45, 2.75) is 26.7 Å². The van der Waals surface area contributed by atoms with Gasteiger partial charge >= 0.3 is 0 Å². The van der Waals surface area contributed by atoms with E-state index in [1.165, 1.54) is 11.3 Å². The van der Waals surface area contributed by atoms with Crippen LogP contribution in [-0.4, -0.2) is 18.4 Å². The van der Waals surface area contributed by atoms with E-state index in [0.717, 1.165) is 22.6 Å². The third-order valence-corrected chi connectivity index (χ3v) is 4.44. The molecule has 0 fully saturated rings. The largest absolute Gasteiger partial charge is 0.494 e. The maximum atomic E-state index is 12.2. The second-order valence-corrected chi connectivity index (χ2v) is 6.11. The van der Waals surface area contributed by atoms with Crippen molar-refractivity contribution in [1.82, 2.24) is 0 Å². The van der Waals surface area contributed by atoms with E-state index < -0.39 is 5.91 Å². The molecule has 0 atom stereocenters. The molecule has 23 heavy (non-hydrogen) atoms. The summed E-state index contributed by atoms with van der Waals surface area (Å²) >= 11 is 1.38. The Hall–Kier alpha value is -2.34. The van der Waals surface area contributed by atoms with Crippen LogP contribution in [0.2, 0.25) is 0 Å². The number of benzene rings is 1. The Labute approximate surface area is 139 Å². The third kappa shape index (κ3) is 4.56. The Bertz CT molecular complexity index is 692. The number of hydrogen-bond acceptors (Lipinski definition) is 4. The molecule has 1 heterocycles. The lowest BCUT2D eigenvalue weighted by atomic mass is 10.1. The third-order valence-electron chi connectivity index (χ3n) is 3.25. The number of nitrogens with two attached hydrogens (primary N) is 1. The number of primary amides is 1. The maximum absolute atomic E-state index is 12.2. The topological polar surface area (TPSA) is 81.4 Å². The summed E-state index contributed by atoms with van der Waals surface area (Å²) in [6.45, 7) is 4.51. The molecule has 0 radical (unpaired) electrons. The van der Waals surface area contributed by atoms with Gasteiger partial charge in [0.2, 0.25) is 5.91 Å². The van der Waals surface area contributed by atoms with E-state index in [9.17, 15) is 9.59 Å². The van der Waals surface area contributed by atoms with Crippen LogP contribution in [0.5, 0.6) is 5.75 Å². The van der Waals surface area contributed by atoms with E-state index in [0.29, 0.717) is 17.2 Å². The number of nitrogens with one attached hydrogen (secondary N) is 1. The summed E-state index contributed by atoms with van der Waals surface area (Å²) in [4.78, 5) is 24.6. The zero-order valence-electron chi connectivity index (χ0n) is 13.2. The van der Waals surface area contributed by atoms with Crippen LogP contribution >= 0.6 is 11.3 Å². The van der Waals surface area contributed by atoms with E-state index in [-0.39, 0.29) is 12.3 Å². The number of amides is 2. The first kappa shape index (κ1) is 17.0. The van der Waals surface area contributed by atoms with Crippen LogP contribution in [0.25, 0.3) is 0 Å². The Balaban J connectivity index is 2.04. The number of carbonyl (C=O) groups excluding carboxylic acids is 2. The molecule has 0 aliphatic carbocycles. The first-order valence-corrected chi connectivity index (χ1v) is 8.29. The standard InChI is InChI=1S/C17H20N2O3S/c1-3-13-10-14(16(18)21)17(23-13)19-15(20)9-11-5-7-12(8-6-11)22-4-2/h5-8,10H,3-4,9H2,1-2H3,(H2,18,21)(H,19,20). The van der Waals surface area contributed by atoms with Crippen LogP contribution < -0.4 is 15.8 Å². The summed E-state index contributed by atoms with van der Waals surface area (Å²) in [5, 5.41) is 3.30. The minimum absolute atomic E-state index is 0.179. The zero-order valence-corrected chi connectivity index (χ0v) is 14.0. The molecule has 0 saturated carbocycles. The zero-order chi connectivity index (χ0) is 16.8. The van der Waals surface area contributed by atoms with Gasteiger partial charge in [-0.3, -0.25) is 9.59 Å². The van der Waals surface area contributed by atoms with Crippen molar-refractivity contribution in [3.05, 3.63) is 46.3 Å². The van der Waals surface area contributed by atoms with E-state index in [4.69, 9.17) is 10.5 Å². The quantitative estimate of drug-likeness (QED) is 0.818. The normalized spacial score (nSPS) is 10.3. The van der Waals surface area contributed by atoms with Crippen LogP contribution in [0.1, 0.15) is 34.6 Å². The molecule has 0 spiro atoms. The van der Waals surface area contributed by atoms with Gasteiger partial charge in [0, 0.05) is 4.88 Å². The molecule has 0 aliphatic heterocycles. The predicted molar refractivity (Wildman–Crippen MR) is 92.2 cm³/mol. The predicted octanol–water partition coefficient (Wildman–Crippen LogP) is 2.99. The second kappa shape index (κ2) is 7.78. The van der Waals surface area contributed by atoms with Crippen molar-refractivity contribution in [2.75, 3.05) is 11.9 Å². The van der Waals surface area contributed by atoms with Crippen molar-refractivity contribution in [3.8, 4) is 5.75 Å². The van der Waals surface area contributed by atoms with Crippen molar-refractivity contribution in [2.24, 2.45) is 5.73 Å². The minimum atomic E-state index is -0.530. The number of rotatable bonds is 7. The number of carbonyl (C=O) groups is 2. The number of aryl methyl sites for hydroxylation is 1. The molecule has 1 aromatic heterocycles. The van der Waals surface area contributed by atoms with Crippen molar-refractivity contribution in [3.63, 3.8) is 0 Å². The molecule has 2 amide bonds. The SMILES string of the molecule is CCOc1ccc(CC(=O)Nc2sc(CC)cc2C(N)=O)cc1. The lowest BCUT2D eigenvalue weighted by molar-refractivity contribution is -0.115. The smallest absolute Gasteiger partial charge is 0.251 e. The van der Waals surface area contributed by atoms with Crippen molar-refractivity contribution < 1.29 is 14.3 Å². The second-order valence-electron chi connectivity index (χ2n) is 4.98. The van der Waals surface area contributed by atoms with E-state index >= 15 is 0 Å². The Kier molecular flexibility index (Phi) is 5.76. The number of thiophene rings is 1. The first-order valence-electron chi connectivity index (χ1n) is 7.47. The van der Waals surface area contributed by atoms with Gasteiger partial charge in [-0.05, 0) is 37.1 Å². The highest BCUT2D eigenvalue weighted by Crippen LogP contribution is 2.28. The fraction of sp³-hybridized carbons (Fsp3) is 0.294. The summed E-state index contributed by atoms with van der Waals surface area (Å²) in [6.07, 6.45) is 1.02. The van der Waals surface area contributed by atoms with Gasteiger partial charge in [0.25, 0.3) is 5.91 Å². The highest BCUT2D eigenvalue weighted by atomic mass is 32.1. The van der Waals surface area contributed by atoms with Crippen LogP contribution in [0, 0.1) is 0 Å². The van der Waals surface area contributed by atoms with Gasteiger partial charge in [-0.15, -0.1) is 11.3 Å². The van der Waals surface area contributed by atoms with Crippen LogP contribution in [0.4, 0.5) is 5.00 Å². The molecule has 5 nitrogen and oxygen atoms in total. The van der Waals surface area contributed by atoms with Crippen molar-refractivity contribution >= 4 is 28.2 Å². The van der Waals surface area contributed by atoms with Gasteiger partial charge in [-0.1, -0.05) is 19.1 Å². The van der Waals surface area contributed by atoms with E-state index in [1.807, 2.05) is 38.1 Å². The van der Waals surface area contributed by atoms with Crippen LogP contribution in [0.3, 0.4) is 0 Å². The molecule has 0 saturated heterocycles. The summed E-state index contributed by atoms with van der Waals surface area (Å²) < 4.78 is 5.37. The average Bonchev–Trinajstić information content (AvgIpc) is 2.92. The summed E-state index contributed by atoms with van der Waals surface area (Å²) in [5.74, 6) is 0.0667. The molecule has 2 aromatic rings. The maximum Gasteiger partial charge on any atom is 0.251 e. The van der Waals surface area contributed by atoms with E-state index in [1.54, 1.807) is 6.07 Å². The Morgan fingerprint density at radius 1 is 1.22 bits per heavy atom. The molecular formula is C17H20N2O3S. The van der Waals surface area contributed by atoms with Crippen LogP contribution in [-0.2, 0) is 17.6 Å². The fourth-order valence-corrected chi connectivity index (χ4v) is 3.14. The molecule has 6 heteroatoms. The van der Waals surface area contributed by atoms with Crippen molar-refractivity contribution in [1.29, 1.82) is 0 Å². The van der Waals surface area contributed by atoms with Gasteiger partial charge in [-0.25, -0.2) is 0 Å². The monoisotopic (exact) mass is 332 g/mol. The molecular weight excluding hydrogens is 312 g/mol. The highest BCUT2D eigenvalue weighted by Gasteiger charge is 2.15. The van der Waals surface area contributed by atoms with Gasteiger partial charge in [0.15, 0.2) is 0 Å². The van der Waals surface area contributed by atoms with Gasteiger partial charge in [0.1, 0.15) is 10.8 Å². The molecule has 0 unspecified atom stereocenters. The fourth-order valence-electron chi connectivity index (χ4n) is 2.12. The summed E-state index contributed by atoms with van der Waals surface area (Å²) in [6, 6.07) is 9.11. The molecule has 1 aromatic carbocycles. The molecule has 3 N–H and O–H groups in total. The van der Waals surface area contributed by atoms with Gasteiger partial charge in [0.05, 0.1) is 18.6 Å². The lowest BCUT2D eigenvalue weighted by Crippen LogP contribution is -2.17. The average molecular weight is 332 g/mol. The number of hydrogen-bond donors (Lipinski definition) is 2. The molecule has 0 aliphatic rings.